The molecule has 5 nitrogen and oxygen atoms in total. The van der Waals surface area contributed by atoms with E-state index in [2.05, 4.69) is 5.32 Å². The third-order valence-electron chi connectivity index (χ3n) is 3.42. The maximum absolute atomic E-state index is 12.3. The van der Waals surface area contributed by atoms with Gasteiger partial charge in [-0.3, -0.25) is 4.79 Å². The largest absolute Gasteiger partial charge is 0.492 e. The van der Waals surface area contributed by atoms with Gasteiger partial charge in [0.05, 0.1) is 17.9 Å². The van der Waals surface area contributed by atoms with E-state index in [4.69, 9.17) is 9.47 Å². The van der Waals surface area contributed by atoms with Gasteiger partial charge in [-0.05, 0) is 62.0 Å². The Balaban J connectivity index is 1.97. The van der Waals surface area contributed by atoms with Crippen molar-refractivity contribution in [2.24, 2.45) is 0 Å². The van der Waals surface area contributed by atoms with Gasteiger partial charge in [0.1, 0.15) is 5.75 Å². The summed E-state index contributed by atoms with van der Waals surface area (Å²) in [6, 6.07) is 11.6. The molecular weight excluding hydrogens is 395 g/mol. The zero-order chi connectivity index (χ0) is 20.7. The number of nitrogens with one attached hydrogen (secondary N) is 1. The van der Waals surface area contributed by atoms with Gasteiger partial charge < -0.3 is 14.8 Å². The zero-order valence-corrected chi connectivity index (χ0v) is 15.9. The van der Waals surface area contributed by atoms with Crippen LogP contribution in [0.15, 0.2) is 53.4 Å². The Morgan fingerprint density at radius 3 is 2.36 bits per heavy atom. The molecule has 1 amide bonds. The molecule has 2 aromatic carbocycles. The van der Waals surface area contributed by atoms with Gasteiger partial charge in [0.25, 0.3) is 5.91 Å². The van der Waals surface area contributed by atoms with Crippen molar-refractivity contribution in [2.75, 3.05) is 11.9 Å². The van der Waals surface area contributed by atoms with Crippen LogP contribution < -0.4 is 10.1 Å². The number of ether oxygens (including phenoxy) is 2. The summed E-state index contributed by atoms with van der Waals surface area (Å²) in [5.74, 6) is -0.899. The number of para-hydroxylation sites is 2. The summed E-state index contributed by atoms with van der Waals surface area (Å²) >= 11 is -0.282. The Morgan fingerprint density at radius 1 is 1.11 bits per heavy atom. The highest BCUT2D eigenvalue weighted by atomic mass is 32.2. The third kappa shape index (κ3) is 6.49. The molecule has 0 saturated heterocycles. The molecule has 2 rings (SSSR count). The molecule has 0 unspecified atom stereocenters. The summed E-state index contributed by atoms with van der Waals surface area (Å²) in [5.41, 5.74) is -3.93. The highest BCUT2D eigenvalue weighted by Gasteiger charge is 2.29. The Labute approximate surface area is 164 Å². The van der Waals surface area contributed by atoms with Gasteiger partial charge in [-0.15, -0.1) is 0 Å². The van der Waals surface area contributed by atoms with Crippen molar-refractivity contribution < 1.29 is 32.2 Å². The number of amides is 1. The fourth-order valence-electron chi connectivity index (χ4n) is 2.16. The molecule has 0 aliphatic heterocycles. The Morgan fingerprint density at radius 2 is 1.75 bits per heavy atom. The van der Waals surface area contributed by atoms with Gasteiger partial charge in [0, 0.05) is 4.90 Å². The standard InChI is InChI=1S/C19H18F3NO4S/c1-3-26-16-7-5-4-6-15(16)23-17(24)12(2)27-18(25)13-8-10-14(11-9-13)28-19(20,21)22/h4-12H,3H2,1-2H3,(H,23,24)/t12-/m1/s1. The van der Waals surface area contributed by atoms with Crippen LogP contribution in [-0.2, 0) is 9.53 Å². The number of carbonyl (C=O) groups is 2. The monoisotopic (exact) mass is 413 g/mol. The van der Waals surface area contributed by atoms with Gasteiger partial charge in [0.15, 0.2) is 6.10 Å². The average molecular weight is 413 g/mol. The number of hydrogen-bond acceptors (Lipinski definition) is 5. The molecule has 0 aliphatic carbocycles. The quantitative estimate of drug-likeness (QED) is 0.518. The van der Waals surface area contributed by atoms with Crippen molar-refractivity contribution in [3.05, 3.63) is 54.1 Å². The van der Waals surface area contributed by atoms with Crippen LogP contribution >= 0.6 is 11.8 Å². The van der Waals surface area contributed by atoms with Crippen molar-refractivity contribution in [1.29, 1.82) is 0 Å². The fraction of sp³-hybridized carbons (Fsp3) is 0.263. The van der Waals surface area contributed by atoms with E-state index in [1.807, 2.05) is 6.92 Å². The Bertz CT molecular complexity index is 825. The van der Waals surface area contributed by atoms with Crippen LogP contribution in [0.3, 0.4) is 0 Å². The minimum absolute atomic E-state index is 0.0425. The molecule has 0 radical (unpaired) electrons. The normalized spacial score (nSPS) is 12.2. The molecule has 9 heteroatoms. The molecule has 0 spiro atoms. The van der Waals surface area contributed by atoms with Crippen molar-refractivity contribution >= 4 is 29.3 Å². The molecule has 0 aliphatic rings. The summed E-state index contributed by atoms with van der Waals surface area (Å²) < 4.78 is 47.5. The molecule has 2 aromatic rings. The second kappa shape index (κ2) is 9.50. The third-order valence-corrected chi connectivity index (χ3v) is 4.16. The number of carbonyl (C=O) groups excluding carboxylic acids is 2. The minimum atomic E-state index is -4.41. The zero-order valence-electron chi connectivity index (χ0n) is 15.1. The SMILES string of the molecule is CCOc1ccccc1NC(=O)[C@@H](C)OC(=O)c1ccc(SC(F)(F)F)cc1. The first kappa shape index (κ1) is 21.6. The number of alkyl halides is 3. The molecule has 0 aromatic heterocycles. The van der Waals surface area contributed by atoms with E-state index in [1.54, 1.807) is 24.3 Å². The number of esters is 1. The van der Waals surface area contributed by atoms with Crippen LogP contribution in [0.1, 0.15) is 24.2 Å². The molecule has 0 saturated carbocycles. The van der Waals surface area contributed by atoms with E-state index in [1.165, 1.54) is 19.1 Å². The van der Waals surface area contributed by atoms with Crippen molar-refractivity contribution in [3.63, 3.8) is 0 Å². The number of anilines is 1. The van der Waals surface area contributed by atoms with E-state index >= 15 is 0 Å². The molecule has 0 bridgehead atoms. The smallest absolute Gasteiger partial charge is 0.446 e. The lowest BCUT2D eigenvalue weighted by atomic mass is 10.2. The summed E-state index contributed by atoms with van der Waals surface area (Å²) in [4.78, 5) is 24.3. The van der Waals surface area contributed by atoms with Crippen LogP contribution in [0.25, 0.3) is 0 Å². The molecule has 1 atom stereocenters. The van der Waals surface area contributed by atoms with E-state index in [-0.39, 0.29) is 22.2 Å². The second-order valence-electron chi connectivity index (χ2n) is 5.54. The molecule has 0 heterocycles. The number of thioether (sulfide) groups is 1. The molecule has 1 N–H and O–H groups in total. The second-order valence-corrected chi connectivity index (χ2v) is 6.68. The maximum atomic E-state index is 12.3. The van der Waals surface area contributed by atoms with E-state index < -0.39 is 23.5 Å². The van der Waals surface area contributed by atoms with Crippen LogP contribution in [0.4, 0.5) is 18.9 Å². The number of benzene rings is 2. The van der Waals surface area contributed by atoms with Crippen molar-refractivity contribution in [3.8, 4) is 5.75 Å². The number of rotatable bonds is 7. The van der Waals surface area contributed by atoms with E-state index in [9.17, 15) is 22.8 Å². The van der Waals surface area contributed by atoms with E-state index in [0.717, 1.165) is 12.1 Å². The fourth-order valence-corrected chi connectivity index (χ4v) is 2.70. The van der Waals surface area contributed by atoms with E-state index in [0.29, 0.717) is 18.0 Å². The summed E-state index contributed by atoms with van der Waals surface area (Å²) in [7, 11) is 0. The van der Waals surface area contributed by atoms with Gasteiger partial charge in [0.2, 0.25) is 0 Å². The first-order valence-corrected chi connectivity index (χ1v) is 9.10. The molecule has 0 fully saturated rings. The highest BCUT2D eigenvalue weighted by Crippen LogP contribution is 2.36. The summed E-state index contributed by atoms with van der Waals surface area (Å²) in [6.45, 7) is 3.62. The van der Waals surface area contributed by atoms with Gasteiger partial charge in [-0.2, -0.15) is 13.2 Å². The predicted octanol–water partition coefficient (Wildman–Crippen LogP) is 4.88. The lowest BCUT2D eigenvalue weighted by Crippen LogP contribution is -2.30. The Hall–Kier alpha value is -2.68. The van der Waals surface area contributed by atoms with Crippen LogP contribution in [0.5, 0.6) is 5.75 Å². The average Bonchev–Trinajstić information content (AvgIpc) is 2.62. The van der Waals surface area contributed by atoms with Gasteiger partial charge >= 0.3 is 11.5 Å². The van der Waals surface area contributed by atoms with Crippen LogP contribution in [-0.4, -0.2) is 30.1 Å². The minimum Gasteiger partial charge on any atom is -0.492 e. The molecular formula is C19H18F3NO4S. The molecule has 28 heavy (non-hydrogen) atoms. The number of halogens is 3. The first-order chi connectivity index (χ1) is 13.2. The van der Waals surface area contributed by atoms with Crippen molar-refractivity contribution in [2.45, 2.75) is 30.4 Å². The first-order valence-electron chi connectivity index (χ1n) is 8.29. The van der Waals surface area contributed by atoms with Gasteiger partial charge in [-0.1, -0.05) is 12.1 Å². The lowest BCUT2D eigenvalue weighted by molar-refractivity contribution is -0.123. The highest BCUT2D eigenvalue weighted by molar-refractivity contribution is 8.00. The van der Waals surface area contributed by atoms with Crippen LogP contribution in [0, 0.1) is 0 Å². The lowest BCUT2D eigenvalue weighted by Gasteiger charge is -2.15. The number of hydrogen-bond donors (Lipinski definition) is 1. The van der Waals surface area contributed by atoms with Crippen LogP contribution in [0.2, 0.25) is 0 Å². The van der Waals surface area contributed by atoms with Gasteiger partial charge in [-0.25, -0.2) is 4.79 Å². The molecule has 150 valence electrons. The summed E-state index contributed by atoms with van der Waals surface area (Å²) in [6.07, 6.45) is -1.12. The maximum Gasteiger partial charge on any atom is 0.446 e. The Kier molecular flexibility index (Phi) is 7.33. The summed E-state index contributed by atoms with van der Waals surface area (Å²) in [5, 5.41) is 2.62. The van der Waals surface area contributed by atoms with Crippen molar-refractivity contribution in [1.82, 2.24) is 0 Å². The topological polar surface area (TPSA) is 64.6 Å². The predicted molar refractivity (Wildman–Crippen MR) is 99.5 cm³/mol.